The third-order valence-corrected chi connectivity index (χ3v) is 3.47. The maximum Gasteiger partial charge on any atom is 0.0408 e. The number of nitrogens with one attached hydrogen (secondary N) is 1. The minimum Gasteiger partial charge on any atom is -0.312 e. The molecule has 19 heavy (non-hydrogen) atoms. The van der Waals surface area contributed by atoms with E-state index in [1.165, 1.54) is 16.7 Å². The van der Waals surface area contributed by atoms with Gasteiger partial charge in [-0.1, -0.05) is 54.9 Å². The van der Waals surface area contributed by atoms with Gasteiger partial charge in [-0.2, -0.15) is 0 Å². The van der Waals surface area contributed by atoms with E-state index in [-0.39, 0.29) is 0 Å². The SMILES string of the molecule is CCc1ccc(CNCCc2cccc(Cl)c2)cc1. The Morgan fingerprint density at radius 2 is 1.68 bits per heavy atom. The van der Waals surface area contributed by atoms with Crippen LogP contribution in [0.3, 0.4) is 0 Å². The van der Waals surface area contributed by atoms with Crippen LogP contribution in [0.25, 0.3) is 0 Å². The standard InChI is InChI=1S/C17H20ClN/c1-2-14-6-8-16(9-7-14)13-19-11-10-15-4-3-5-17(18)12-15/h3-9,12,19H,2,10-11,13H2,1H3. The molecule has 0 heterocycles. The molecule has 100 valence electrons. The molecule has 0 spiro atoms. The van der Waals surface area contributed by atoms with Gasteiger partial charge in [0.1, 0.15) is 0 Å². The fraction of sp³-hybridized carbons (Fsp3) is 0.294. The second-order valence-corrected chi connectivity index (χ2v) is 5.16. The van der Waals surface area contributed by atoms with E-state index in [1.807, 2.05) is 18.2 Å². The Balaban J connectivity index is 1.74. The van der Waals surface area contributed by atoms with Crippen LogP contribution in [-0.4, -0.2) is 6.54 Å². The number of hydrogen-bond acceptors (Lipinski definition) is 1. The Morgan fingerprint density at radius 3 is 2.37 bits per heavy atom. The first-order chi connectivity index (χ1) is 9.28. The molecular formula is C17H20ClN. The molecule has 0 bridgehead atoms. The third-order valence-electron chi connectivity index (χ3n) is 3.24. The Hall–Kier alpha value is -1.31. The average Bonchev–Trinajstić information content (AvgIpc) is 2.44. The highest BCUT2D eigenvalue weighted by atomic mass is 35.5. The summed E-state index contributed by atoms with van der Waals surface area (Å²) < 4.78 is 0. The number of halogens is 1. The Bertz CT molecular complexity index is 505. The molecule has 0 radical (unpaired) electrons. The molecule has 1 nitrogen and oxygen atoms in total. The summed E-state index contributed by atoms with van der Waals surface area (Å²) in [5.41, 5.74) is 4.01. The van der Waals surface area contributed by atoms with Crippen LogP contribution in [0.2, 0.25) is 5.02 Å². The second kappa shape index (κ2) is 7.32. The fourth-order valence-electron chi connectivity index (χ4n) is 2.05. The lowest BCUT2D eigenvalue weighted by Crippen LogP contribution is -2.16. The maximum absolute atomic E-state index is 5.96. The van der Waals surface area contributed by atoms with Crippen LogP contribution in [0.5, 0.6) is 0 Å². The first-order valence-electron chi connectivity index (χ1n) is 6.81. The Labute approximate surface area is 120 Å². The number of hydrogen-bond donors (Lipinski definition) is 1. The normalized spacial score (nSPS) is 10.6. The monoisotopic (exact) mass is 273 g/mol. The van der Waals surface area contributed by atoms with Crippen molar-refractivity contribution < 1.29 is 0 Å². The molecule has 2 rings (SSSR count). The third kappa shape index (κ3) is 4.70. The van der Waals surface area contributed by atoms with Crippen molar-refractivity contribution in [1.29, 1.82) is 0 Å². The van der Waals surface area contributed by atoms with E-state index in [4.69, 9.17) is 11.6 Å². The van der Waals surface area contributed by atoms with Crippen molar-refractivity contribution in [2.75, 3.05) is 6.54 Å². The second-order valence-electron chi connectivity index (χ2n) is 4.73. The van der Waals surface area contributed by atoms with Crippen molar-refractivity contribution in [3.8, 4) is 0 Å². The molecule has 0 aliphatic heterocycles. The predicted molar refractivity (Wildman–Crippen MR) is 82.7 cm³/mol. The summed E-state index contributed by atoms with van der Waals surface area (Å²) in [7, 11) is 0. The largest absolute Gasteiger partial charge is 0.312 e. The van der Waals surface area contributed by atoms with Gasteiger partial charge in [0.25, 0.3) is 0 Å². The molecule has 0 aliphatic carbocycles. The van der Waals surface area contributed by atoms with E-state index in [1.54, 1.807) is 0 Å². The summed E-state index contributed by atoms with van der Waals surface area (Å²) in [4.78, 5) is 0. The molecule has 2 aromatic carbocycles. The zero-order chi connectivity index (χ0) is 13.5. The van der Waals surface area contributed by atoms with E-state index >= 15 is 0 Å². The predicted octanol–water partition coefficient (Wildman–Crippen LogP) is 4.23. The van der Waals surface area contributed by atoms with Gasteiger partial charge in [0.15, 0.2) is 0 Å². The van der Waals surface area contributed by atoms with Gasteiger partial charge in [-0.3, -0.25) is 0 Å². The number of benzene rings is 2. The number of aryl methyl sites for hydroxylation is 1. The summed E-state index contributed by atoms with van der Waals surface area (Å²) in [6, 6.07) is 16.9. The van der Waals surface area contributed by atoms with E-state index < -0.39 is 0 Å². The van der Waals surface area contributed by atoms with Crippen LogP contribution >= 0.6 is 11.6 Å². The van der Waals surface area contributed by atoms with Crippen LogP contribution in [0.15, 0.2) is 48.5 Å². The highest BCUT2D eigenvalue weighted by Crippen LogP contribution is 2.10. The fourth-order valence-corrected chi connectivity index (χ4v) is 2.26. The molecule has 0 amide bonds. The van der Waals surface area contributed by atoms with Crippen molar-refractivity contribution in [3.05, 3.63) is 70.2 Å². The first-order valence-corrected chi connectivity index (χ1v) is 7.18. The lowest BCUT2D eigenvalue weighted by Gasteiger charge is -2.06. The quantitative estimate of drug-likeness (QED) is 0.777. The van der Waals surface area contributed by atoms with Crippen molar-refractivity contribution in [2.45, 2.75) is 26.3 Å². The highest BCUT2D eigenvalue weighted by molar-refractivity contribution is 6.30. The first kappa shape index (κ1) is 14.1. The zero-order valence-corrected chi connectivity index (χ0v) is 12.1. The Morgan fingerprint density at radius 1 is 0.947 bits per heavy atom. The van der Waals surface area contributed by atoms with Gasteiger partial charge < -0.3 is 5.32 Å². The van der Waals surface area contributed by atoms with Crippen LogP contribution in [-0.2, 0) is 19.4 Å². The van der Waals surface area contributed by atoms with E-state index in [2.05, 4.69) is 42.6 Å². The lowest BCUT2D eigenvalue weighted by molar-refractivity contribution is 0.687. The lowest BCUT2D eigenvalue weighted by atomic mass is 10.1. The summed E-state index contributed by atoms with van der Waals surface area (Å²) >= 11 is 5.96. The van der Waals surface area contributed by atoms with Crippen LogP contribution in [0, 0.1) is 0 Å². The molecule has 0 aliphatic rings. The van der Waals surface area contributed by atoms with Gasteiger partial charge in [-0.25, -0.2) is 0 Å². The van der Waals surface area contributed by atoms with Crippen molar-refractivity contribution >= 4 is 11.6 Å². The van der Waals surface area contributed by atoms with Gasteiger partial charge in [-0.05, 0) is 48.2 Å². The van der Waals surface area contributed by atoms with E-state index in [0.29, 0.717) is 0 Å². The summed E-state index contributed by atoms with van der Waals surface area (Å²) in [5.74, 6) is 0. The van der Waals surface area contributed by atoms with Gasteiger partial charge >= 0.3 is 0 Å². The van der Waals surface area contributed by atoms with Gasteiger partial charge in [0.05, 0.1) is 0 Å². The van der Waals surface area contributed by atoms with Crippen molar-refractivity contribution in [3.63, 3.8) is 0 Å². The molecule has 0 unspecified atom stereocenters. The summed E-state index contributed by atoms with van der Waals surface area (Å²) in [5, 5.41) is 4.28. The van der Waals surface area contributed by atoms with Crippen LogP contribution in [0.4, 0.5) is 0 Å². The van der Waals surface area contributed by atoms with Crippen LogP contribution < -0.4 is 5.32 Å². The van der Waals surface area contributed by atoms with Gasteiger partial charge in [0, 0.05) is 11.6 Å². The van der Waals surface area contributed by atoms with Crippen LogP contribution in [0.1, 0.15) is 23.6 Å². The molecular weight excluding hydrogens is 254 g/mol. The molecule has 0 atom stereocenters. The molecule has 0 aromatic heterocycles. The minimum atomic E-state index is 0.813. The molecule has 2 heteroatoms. The zero-order valence-electron chi connectivity index (χ0n) is 11.3. The maximum atomic E-state index is 5.96. The van der Waals surface area contributed by atoms with Gasteiger partial charge in [-0.15, -0.1) is 0 Å². The Kier molecular flexibility index (Phi) is 5.44. The highest BCUT2D eigenvalue weighted by Gasteiger charge is 1.96. The topological polar surface area (TPSA) is 12.0 Å². The van der Waals surface area contributed by atoms with Gasteiger partial charge in [0.2, 0.25) is 0 Å². The van der Waals surface area contributed by atoms with E-state index in [9.17, 15) is 0 Å². The average molecular weight is 274 g/mol. The smallest absolute Gasteiger partial charge is 0.0408 e. The number of rotatable bonds is 6. The molecule has 0 fully saturated rings. The molecule has 1 N–H and O–H groups in total. The molecule has 0 saturated heterocycles. The minimum absolute atomic E-state index is 0.813. The molecule has 2 aromatic rings. The van der Waals surface area contributed by atoms with Crippen molar-refractivity contribution in [1.82, 2.24) is 5.32 Å². The summed E-state index contributed by atoms with van der Waals surface area (Å²) in [6.45, 7) is 4.07. The molecule has 0 saturated carbocycles. The summed E-state index contributed by atoms with van der Waals surface area (Å²) in [6.07, 6.45) is 2.11. The van der Waals surface area contributed by atoms with E-state index in [0.717, 1.165) is 31.0 Å². The van der Waals surface area contributed by atoms with Crippen molar-refractivity contribution in [2.24, 2.45) is 0 Å².